The number of rotatable bonds is 5. The first-order valence-corrected chi connectivity index (χ1v) is 6.92. The van der Waals surface area contributed by atoms with E-state index in [0.29, 0.717) is 12.3 Å². The molecule has 0 aliphatic carbocycles. The lowest BCUT2D eigenvalue weighted by Gasteiger charge is -2.13. The molecule has 2 rings (SSSR count). The molecule has 0 saturated carbocycles. The van der Waals surface area contributed by atoms with Crippen molar-refractivity contribution >= 4 is 12.0 Å². The predicted molar refractivity (Wildman–Crippen MR) is 78.7 cm³/mol. The lowest BCUT2D eigenvalue weighted by atomic mass is 10.1. The number of hydrogen-bond donors (Lipinski definition) is 1. The molecule has 1 aromatic rings. The van der Waals surface area contributed by atoms with Crippen LogP contribution in [0.2, 0.25) is 0 Å². The second-order valence-electron chi connectivity index (χ2n) is 5.10. The van der Waals surface area contributed by atoms with E-state index < -0.39 is 0 Å². The molecule has 1 fully saturated rings. The van der Waals surface area contributed by atoms with Gasteiger partial charge in [-0.2, -0.15) is 0 Å². The Morgan fingerprint density at radius 3 is 2.95 bits per heavy atom. The predicted octanol–water partition coefficient (Wildman–Crippen LogP) is 2.16. The Morgan fingerprint density at radius 2 is 2.21 bits per heavy atom. The van der Waals surface area contributed by atoms with Gasteiger partial charge in [0.15, 0.2) is 0 Å². The van der Waals surface area contributed by atoms with Crippen molar-refractivity contribution < 1.29 is 4.79 Å². The van der Waals surface area contributed by atoms with Crippen LogP contribution in [0.5, 0.6) is 0 Å². The molecule has 1 N–H and O–H groups in total. The average Bonchev–Trinajstić information content (AvgIpc) is 2.87. The molecule has 0 radical (unpaired) electrons. The van der Waals surface area contributed by atoms with Gasteiger partial charge in [0.25, 0.3) is 0 Å². The second kappa shape index (κ2) is 7.10. The van der Waals surface area contributed by atoms with Crippen LogP contribution in [-0.2, 0) is 4.79 Å². The Balaban J connectivity index is 1.73. The maximum atomic E-state index is 11.3. The molecule has 102 valence electrons. The van der Waals surface area contributed by atoms with Gasteiger partial charge in [0, 0.05) is 26.6 Å². The van der Waals surface area contributed by atoms with Crippen molar-refractivity contribution in [2.24, 2.45) is 5.92 Å². The summed E-state index contributed by atoms with van der Waals surface area (Å²) in [6.07, 6.45) is 6.16. The zero-order valence-electron chi connectivity index (χ0n) is 11.5. The van der Waals surface area contributed by atoms with E-state index in [2.05, 4.69) is 46.6 Å². The fourth-order valence-electron chi connectivity index (χ4n) is 2.51. The summed E-state index contributed by atoms with van der Waals surface area (Å²) in [5.41, 5.74) is 1.24. The maximum absolute atomic E-state index is 11.3. The summed E-state index contributed by atoms with van der Waals surface area (Å²) in [6.45, 7) is 3.10. The lowest BCUT2D eigenvalue weighted by Crippen LogP contribution is -2.24. The van der Waals surface area contributed by atoms with Gasteiger partial charge in [-0.15, -0.1) is 0 Å². The number of benzene rings is 1. The van der Waals surface area contributed by atoms with Crippen LogP contribution in [0, 0.1) is 5.92 Å². The number of hydrogen-bond acceptors (Lipinski definition) is 2. The highest BCUT2D eigenvalue weighted by Crippen LogP contribution is 2.19. The van der Waals surface area contributed by atoms with E-state index in [-0.39, 0.29) is 5.91 Å². The van der Waals surface area contributed by atoms with E-state index >= 15 is 0 Å². The van der Waals surface area contributed by atoms with E-state index in [9.17, 15) is 4.79 Å². The van der Waals surface area contributed by atoms with Crippen LogP contribution in [-0.4, -0.2) is 37.5 Å². The highest BCUT2D eigenvalue weighted by molar-refractivity contribution is 5.75. The summed E-state index contributed by atoms with van der Waals surface area (Å²) >= 11 is 0. The molecular formula is C16H22N2O. The molecule has 3 heteroatoms. The standard InChI is InChI=1S/C16H22N2O/c1-17-16(19)12-15-9-11-18(13-15)10-5-8-14-6-3-2-4-7-14/h2-8,15H,9-13H2,1H3,(H,17,19)/b8-5+/t15-/m1/s1. The summed E-state index contributed by atoms with van der Waals surface area (Å²) < 4.78 is 0. The molecular weight excluding hydrogens is 236 g/mol. The quantitative estimate of drug-likeness (QED) is 0.877. The van der Waals surface area contributed by atoms with E-state index in [0.717, 1.165) is 26.1 Å². The van der Waals surface area contributed by atoms with Gasteiger partial charge in [0.2, 0.25) is 5.91 Å². The van der Waals surface area contributed by atoms with Crippen molar-refractivity contribution in [3.63, 3.8) is 0 Å². The molecule has 1 heterocycles. The molecule has 0 spiro atoms. The van der Waals surface area contributed by atoms with Crippen molar-refractivity contribution in [1.82, 2.24) is 10.2 Å². The van der Waals surface area contributed by atoms with Crippen LogP contribution in [0.4, 0.5) is 0 Å². The molecule has 19 heavy (non-hydrogen) atoms. The highest BCUT2D eigenvalue weighted by atomic mass is 16.1. The molecule has 1 saturated heterocycles. The zero-order valence-corrected chi connectivity index (χ0v) is 11.5. The van der Waals surface area contributed by atoms with Gasteiger partial charge < -0.3 is 5.32 Å². The average molecular weight is 258 g/mol. The van der Waals surface area contributed by atoms with Gasteiger partial charge in [-0.1, -0.05) is 42.5 Å². The van der Waals surface area contributed by atoms with E-state index in [1.807, 2.05) is 6.07 Å². The molecule has 0 bridgehead atoms. The third-order valence-corrected chi connectivity index (χ3v) is 3.60. The van der Waals surface area contributed by atoms with Crippen molar-refractivity contribution in [2.75, 3.05) is 26.7 Å². The largest absolute Gasteiger partial charge is 0.359 e. The molecule has 1 atom stereocenters. The number of nitrogens with zero attached hydrogens (tertiary/aromatic N) is 1. The van der Waals surface area contributed by atoms with Crippen molar-refractivity contribution in [2.45, 2.75) is 12.8 Å². The molecule has 1 aromatic carbocycles. The van der Waals surface area contributed by atoms with Crippen molar-refractivity contribution in [3.8, 4) is 0 Å². The maximum Gasteiger partial charge on any atom is 0.220 e. The van der Waals surface area contributed by atoms with Gasteiger partial charge >= 0.3 is 0 Å². The monoisotopic (exact) mass is 258 g/mol. The van der Waals surface area contributed by atoms with Crippen LogP contribution in [0.3, 0.4) is 0 Å². The summed E-state index contributed by atoms with van der Waals surface area (Å²) in [5.74, 6) is 0.678. The Labute approximate surface area is 115 Å². The van der Waals surface area contributed by atoms with Crippen LogP contribution < -0.4 is 5.32 Å². The molecule has 3 nitrogen and oxygen atoms in total. The van der Waals surface area contributed by atoms with E-state index in [1.54, 1.807) is 7.05 Å². The Bertz CT molecular complexity index is 428. The van der Waals surface area contributed by atoms with E-state index in [4.69, 9.17) is 0 Å². The minimum absolute atomic E-state index is 0.159. The van der Waals surface area contributed by atoms with Gasteiger partial charge in [0.1, 0.15) is 0 Å². The van der Waals surface area contributed by atoms with Crippen LogP contribution >= 0.6 is 0 Å². The minimum Gasteiger partial charge on any atom is -0.359 e. The second-order valence-corrected chi connectivity index (χ2v) is 5.10. The summed E-state index contributed by atoms with van der Waals surface area (Å²) in [7, 11) is 1.71. The number of nitrogens with one attached hydrogen (secondary N) is 1. The first-order chi connectivity index (χ1) is 9.28. The lowest BCUT2D eigenvalue weighted by molar-refractivity contribution is -0.121. The molecule has 1 aliphatic rings. The van der Waals surface area contributed by atoms with E-state index in [1.165, 1.54) is 5.56 Å². The zero-order chi connectivity index (χ0) is 13.5. The molecule has 1 amide bonds. The van der Waals surface area contributed by atoms with Crippen LogP contribution in [0.25, 0.3) is 6.08 Å². The Kier molecular flexibility index (Phi) is 5.16. The SMILES string of the molecule is CNC(=O)C[C@H]1CCN(C/C=C/c2ccccc2)C1. The minimum atomic E-state index is 0.159. The molecule has 0 aromatic heterocycles. The van der Waals surface area contributed by atoms with Crippen LogP contribution in [0.1, 0.15) is 18.4 Å². The van der Waals surface area contributed by atoms with Gasteiger partial charge in [-0.3, -0.25) is 9.69 Å². The van der Waals surface area contributed by atoms with Gasteiger partial charge in [0.05, 0.1) is 0 Å². The van der Waals surface area contributed by atoms with Gasteiger partial charge in [-0.05, 0) is 24.4 Å². The Morgan fingerprint density at radius 1 is 1.42 bits per heavy atom. The number of carbonyl (C=O) groups is 1. The molecule has 0 unspecified atom stereocenters. The van der Waals surface area contributed by atoms with Crippen molar-refractivity contribution in [3.05, 3.63) is 42.0 Å². The summed E-state index contributed by atoms with van der Waals surface area (Å²) in [6, 6.07) is 10.3. The third-order valence-electron chi connectivity index (χ3n) is 3.60. The number of likely N-dealkylation sites (tertiary alicyclic amines) is 1. The first kappa shape index (κ1) is 13.8. The number of amides is 1. The van der Waals surface area contributed by atoms with Crippen LogP contribution in [0.15, 0.2) is 36.4 Å². The summed E-state index contributed by atoms with van der Waals surface area (Å²) in [5, 5.41) is 2.70. The van der Waals surface area contributed by atoms with Crippen molar-refractivity contribution in [1.29, 1.82) is 0 Å². The fourth-order valence-corrected chi connectivity index (χ4v) is 2.51. The highest BCUT2D eigenvalue weighted by Gasteiger charge is 2.23. The number of carbonyl (C=O) groups excluding carboxylic acids is 1. The smallest absolute Gasteiger partial charge is 0.220 e. The third kappa shape index (κ3) is 4.52. The topological polar surface area (TPSA) is 32.3 Å². The first-order valence-electron chi connectivity index (χ1n) is 6.92. The Hall–Kier alpha value is -1.61. The summed E-state index contributed by atoms with van der Waals surface area (Å²) in [4.78, 5) is 13.7. The normalized spacial score (nSPS) is 19.9. The van der Waals surface area contributed by atoms with Gasteiger partial charge in [-0.25, -0.2) is 0 Å². The fraction of sp³-hybridized carbons (Fsp3) is 0.438. The molecule has 1 aliphatic heterocycles.